The smallest absolute Gasteiger partial charge is 0.326 e. The molecule has 1 amide bonds. The van der Waals surface area contributed by atoms with Crippen LogP contribution in [0.25, 0.3) is 0 Å². The van der Waals surface area contributed by atoms with Gasteiger partial charge in [-0.1, -0.05) is 6.92 Å². The van der Waals surface area contributed by atoms with Crippen molar-refractivity contribution in [2.75, 3.05) is 24.2 Å². The highest BCUT2D eigenvalue weighted by Gasteiger charge is 2.32. The van der Waals surface area contributed by atoms with Gasteiger partial charge < -0.3 is 5.32 Å². The van der Waals surface area contributed by atoms with Crippen LogP contribution < -0.4 is 5.32 Å². The van der Waals surface area contributed by atoms with Crippen molar-refractivity contribution in [2.24, 2.45) is 5.92 Å². The second-order valence-electron chi connectivity index (χ2n) is 6.08. The van der Waals surface area contributed by atoms with E-state index >= 15 is 0 Å². The zero-order valence-corrected chi connectivity index (χ0v) is 14.7. The van der Waals surface area contributed by atoms with Gasteiger partial charge in [-0.15, -0.1) is 0 Å². The number of piperidine rings is 1. The highest BCUT2D eigenvalue weighted by atomic mass is 32.2. The SMILES string of the molecule is CCCS(=O)(=O)N1CCCC(C(=O)Nc2ccc(C(F)(F)F)cc2)C1. The molecule has 1 aromatic rings. The maximum atomic E-state index is 12.5. The first-order valence-corrected chi connectivity index (χ1v) is 9.70. The number of anilines is 1. The Labute approximate surface area is 145 Å². The second-order valence-corrected chi connectivity index (χ2v) is 8.17. The Bertz CT molecular complexity index is 702. The van der Waals surface area contributed by atoms with Crippen LogP contribution in [0.1, 0.15) is 31.7 Å². The van der Waals surface area contributed by atoms with Crippen LogP contribution in [0, 0.1) is 5.92 Å². The van der Waals surface area contributed by atoms with Crippen LogP contribution in [-0.4, -0.2) is 37.5 Å². The van der Waals surface area contributed by atoms with Gasteiger partial charge in [-0.05, 0) is 43.5 Å². The van der Waals surface area contributed by atoms with Gasteiger partial charge in [0.25, 0.3) is 0 Å². The highest BCUT2D eigenvalue weighted by Crippen LogP contribution is 2.30. The largest absolute Gasteiger partial charge is 0.416 e. The van der Waals surface area contributed by atoms with E-state index in [0.29, 0.717) is 25.8 Å². The third kappa shape index (κ3) is 5.18. The number of sulfonamides is 1. The van der Waals surface area contributed by atoms with Crippen molar-refractivity contribution < 1.29 is 26.4 Å². The van der Waals surface area contributed by atoms with Crippen molar-refractivity contribution in [3.8, 4) is 0 Å². The van der Waals surface area contributed by atoms with Gasteiger partial charge in [0.05, 0.1) is 17.2 Å². The predicted octanol–water partition coefficient (Wildman–Crippen LogP) is 3.10. The molecule has 0 radical (unpaired) electrons. The van der Waals surface area contributed by atoms with E-state index in [1.54, 1.807) is 6.92 Å². The van der Waals surface area contributed by atoms with E-state index in [2.05, 4.69) is 5.32 Å². The van der Waals surface area contributed by atoms with Crippen molar-refractivity contribution in [2.45, 2.75) is 32.4 Å². The lowest BCUT2D eigenvalue weighted by Crippen LogP contribution is -2.44. The summed E-state index contributed by atoms with van der Waals surface area (Å²) in [6, 6.07) is 4.17. The van der Waals surface area contributed by atoms with E-state index in [-0.39, 0.29) is 23.9 Å². The molecule has 0 aromatic heterocycles. The minimum Gasteiger partial charge on any atom is -0.326 e. The number of benzene rings is 1. The van der Waals surface area contributed by atoms with Crippen molar-refractivity contribution in [3.63, 3.8) is 0 Å². The van der Waals surface area contributed by atoms with Crippen LogP contribution in [-0.2, 0) is 21.0 Å². The van der Waals surface area contributed by atoms with Gasteiger partial charge in [-0.2, -0.15) is 13.2 Å². The molecule has 0 saturated carbocycles. The number of halogens is 3. The van der Waals surface area contributed by atoms with Crippen LogP contribution >= 0.6 is 0 Å². The molecule has 1 atom stereocenters. The number of alkyl halides is 3. The van der Waals surface area contributed by atoms with Gasteiger partial charge in [0.1, 0.15) is 0 Å². The molecule has 1 aliphatic rings. The Hall–Kier alpha value is -1.61. The Morgan fingerprint density at radius 2 is 1.92 bits per heavy atom. The highest BCUT2D eigenvalue weighted by molar-refractivity contribution is 7.89. The number of carbonyl (C=O) groups excluding carboxylic acids is 1. The van der Waals surface area contributed by atoms with Crippen molar-refractivity contribution >= 4 is 21.6 Å². The molecule has 5 nitrogen and oxygen atoms in total. The monoisotopic (exact) mass is 378 g/mol. The van der Waals surface area contributed by atoms with Crippen LogP contribution in [0.15, 0.2) is 24.3 Å². The van der Waals surface area contributed by atoms with Crippen molar-refractivity contribution in [1.29, 1.82) is 0 Å². The topological polar surface area (TPSA) is 66.5 Å². The van der Waals surface area contributed by atoms with Gasteiger partial charge in [0.15, 0.2) is 0 Å². The Kier molecular flexibility index (Phi) is 6.10. The van der Waals surface area contributed by atoms with Crippen LogP contribution in [0.3, 0.4) is 0 Å². The zero-order chi connectivity index (χ0) is 18.7. The average molecular weight is 378 g/mol. The zero-order valence-electron chi connectivity index (χ0n) is 13.8. The molecule has 1 N–H and O–H groups in total. The fraction of sp³-hybridized carbons (Fsp3) is 0.562. The Balaban J connectivity index is 2.01. The van der Waals surface area contributed by atoms with Gasteiger partial charge in [0.2, 0.25) is 15.9 Å². The van der Waals surface area contributed by atoms with E-state index in [0.717, 1.165) is 12.1 Å². The van der Waals surface area contributed by atoms with Gasteiger partial charge in [-0.3, -0.25) is 4.79 Å². The lowest BCUT2D eigenvalue weighted by molar-refractivity contribution is -0.137. The lowest BCUT2D eigenvalue weighted by Gasteiger charge is -2.31. The van der Waals surface area contributed by atoms with Crippen molar-refractivity contribution in [1.82, 2.24) is 4.31 Å². The number of hydrogen-bond donors (Lipinski definition) is 1. The molecule has 9 heteroatoms. The van der Waals surface area contributed by atoms with E-state index in [4.69, 9.17) is 0 Å². The van der Waals surface area contributed by atoms with E-state index in [9.17, 15) is 26.4 Å². The van der Waals surface area contributed by atoms with E-state index in [1.807, 2.05) is 0 Å². The van der Waals surface area contributed by atoms with Gasteiger partial charge >= 0.3 is 6.18 Å². The van der Waals surface area contributed by atoms with Crippen LogP contribution in [0.4, 0.5) is 18.9 Å². The maximum absolute atomic E-state index is 12.5. The summed E-state index contributed by atoms with van der Waals surface area (Å²) in [7, 11) is -3.37. The molecular weight excluding hydrogens is 357 g/mol. The summed E-state index contributed by atoms with van der Waals surface area (Å²) in [6.45, 7) is 2.28. The number of hydrogen-bond acceptors (Lipinski definition) is 3. The quantitative estimate of drug-likeness (QED) is 0.856. The second kappa shape index (κ2) is 7.74. The number of carbonyl (C=O) groups is 1. The molecule has 1 fully saturated rings. The first-order chi connectivity index (χ1) is 11.6. The number of nitrogens with zero attached hydrogens (tertiary/aromatic N) is 1. The molecule has 1 saturated heterocycles. The molecular formula is C16H21F3N2O3S. The average Bonchev–Trinajstić information content (AvgIpc) is 2.54. The van der Waals surface area contributed by atoms with Gasteiger partial charge in [-0.25, -0.2) is 12.7 Å². The standard InChI is InChI=1S/C16H21F3N2O3S/c1-2-10-25(23,24)21-9-3-4-12(11-21)15(22)20-14-7-5-13(6-8-14)16(17,18)19/h5-8,12H,2-4,9-11H2,1H3,(H,20,22). The van der Waals surface area contributed by atoms with Crippen LogP contribution in [0.5, 0.6) is 0 Å². The minimum atomic E-state index is -4.43. The predicted molar refractivity (Wildman–Crippen MR) is 88.4 cm³/mol. The van der Waals surface area contributed by atoms with Crippen LogP contribution in [0.2, 0.25) is 0 Å². The van der Waals surface area contributed by atoms with Gasteiger partial charge in [0, 0.05) is 18.8 Å². The molecule has 140 valence electrons. The molecule has 0 spiro atoms. The Morgan fingerprint density at radius 1 is 1.28 bits per heavy atom. The minimum absolute atomic E-state index is 0.0419. The summed E-state index contributed by atoms with van der Waals surface area (Å²) < 4.78 is 63.2. The summed E-state index contributed by atoms with van der Waals surface area (Å²) in [6.07, 6.45) is -2.81. The number of amides is 1. The molecule has 1 heterocycles. The normalized spacial score (nSPS) is 19.6. The molecule has 1 aliphatic heterocycles. The summed E-state index contributed by atoms with van der Waals surface area (Å²) in [5, 5.41) is 2.57. The van der Waals surface area contributed by atoms with E-state index in [1.165, 1.54) is 16.4 Å². The first kappa shape index (κ1) is 19.7. The molecule has 1 aromatic carbocycles. The maximum Gasteiger partial charge on any atom is 0.416 e. The molecule has 2 rings (SSSR count). The Morgan fingerprint density at radius 3 is 2.48 bits per heavy atom. The fourth-order valence-electron chi connectivity index (χ4n) is 2.78. The molecule has 1 unspecified atom stereocenters. The fourth-order valence-corrected chi connectivity index (χ4v) is 4.37. The summed E-state index contributed by atoms with van der Waals surface area (Å²) in [5.41, 5.74) is -0.536. The summed E-state index contributed by atoms with van der Waals surface area (Å²) >= 11 is 0. The number of nitrogens with one attached hydrogen (secondary N) is 1. The van der Waals surface area contributed by atoms with E-state index < -0.39 is 27.7 Å². The number of rotatable bonds is 5. The lowest BCUT2D eigenvalue weighted by atomic mass is 9.98. The molecule has 0 bridgehead atoms. The summed E-state index contributed by atoms with van der Waals surface area (Å²) in [5.74, 6) is -0.848. The first-order valence-electron chi connectivity index (χ1n) is 8.09. The van der Waals surface area contributed by atoms with Crippen molar-refractivity contribution in [3.05, 3.63) is 29.8 Å². The summed E-state index contributed by atoms with van der Waals surface area (Å²) in [4.78, 5) is 12.3. The molecule has 0 aliphatic carbocycles. The molecule has 25 heavy (non-hydrogen) atoms. The third-order valence-corrected chi connectivity index (χ3v) is 6.13. The third-order valence-electron chi connectivity index (χ3n) is 4.09.